The summed E-state index contributed by atoms with van der Waals surface area (Å²) in [7, 11) is 3.04. The normalized spacial score (nSPS) is 10.0. The fourth-order valence-corrected chi connectivity index (χ4v) is 2.09. The second-order valence-electron chi connectivity index (χ2n) is 4.73. The van der Waals surface area contributed by atoms with Crippen LogP contribution in [0.15, 0.2) is 42.5 Å². The van der Waals surface area contributed by atoms with Gasteiger partial charge in [0.25, 0.3) is 0 Å². The van der Waals surface area contributed by atoms with Crippen LogP contribution in [0, 0.1) is 6.92 Å². The average Bonchev–Trinajstić information content (AvgIpc) is 2.53. The van der Waals surface area contributed by atoms with Crippen molar-refractivity contribution in [3.8, 4) is 5.75 Å². The van der Waals surface area contributed by atoms with Crippen LogP contribution in [-0.2, 0) is 11.3 Å². The lowest BCUT2D eigenvalue weighted by Gasteiger charge is -2.11. The van der Waals surface area contributed by atoms with Gasteiger partial charge in [-0.1, -0.05) is 12.1 Å². The number of ether oxygens (including phenoxy) is 2. The van der Waals surface area contributed by atoms with Crippen LogP contribution in [0.25, 0.3) is 0 Å². The topological polar surface area (TPSA) is 47.6 Å². The van der Waals surface area contributed by atoms with E-state index in [4.69, 9.17) is 9.47 Å². The summed E-state index contributed by atoms with van der Waals surface area (Å²) in [5, 5.41) is 3.36. The number of aryl methyl sites for hydroxylation is 1. The fourth-order valence-electron chi connectivity index (χ4n) is 2.09. The zero-order valence-electron chi connectivity index (χ0n) is 12.5. The van der Waals surface area contributed by atoms with Crippen molar-refractivity contribution in [1.29, 1.82) is 0 Å². The molecule has 0 aliphatic rings. The highest BCUT2D eigenvalue weighted by Crippen LogP contribution is 2.19. The highest BCUT2D eigenvalue weighted by molar-refractivity contribution is 5.90. The molecule has 2 aromatic carbocycles. The van der Waals surface area contributed by atoms with Gasteiger partial charge in [0.1, 0.15) is 5.75 Å². The Bertz CT molecular complexity index is 638. The Morgan fingerprint density at radius 2 is 1.95 bits per heavy atom. The summed E-state index contributed by atoms with van der Waals surface area (Å²) in [5.41, 5.74) is 3.68. The van der Waals surface area contributed by atoms with E-state index in [9.17, 15) is 4.79 Å². The van der Waals surface area contributed by atoms with Crippen LogP contribution in [0.1, 0.15) is 21.5 Å². The average molecular weight is 285 g/mol. The van der Waals surface area contributed by atoms with E-state index in [1.54, 1.807) is 13.2 Å². The zero-order valence-corrected chi connectivity index (χ0v) is 12.5. The summed E-state index contributed by atoms with van der Waals surface area (Å²) >= 11 is 0. The smallest absolute Gasteiger partial charge is 0.337 e. The number of carbonyl (C=O) groups excluding carboxylic acids is 1. The summed E-state index contributed by atoms with van der Waals surface area (Å²) in [6, 6.07) is 13.4. The molecule has 0 unspecified atom stereocenters. The van der Waals surface area contributed by atoms with Crippen LogP contribution in [-0.4, -0.2) is 20.2 Å². The highest BCUT2D eigenvalue weighted by atomic mass is 16.5. The molecule has 0 saturated heterocycles. The molecule has 2 rings (SSSR count). The van der Waals surface area contributed by atoms with Gasteiger partial charge in [-0.05, 0) is 48.4 Å². The van der Waals surface area contributed by atoms with Gasteiger partial charge in [-0.25, -0.2) is 4.79 Å². The van der Waals surface area contributed by atoms with Gasteiger partial charge < -0.3 is 14.8 Å². The van der Waals surface area contributed by atoms with Crippen molar-refractivity contribution in [1.82, 2.24) is 0 Å². The van der Waals surface area contributed by atoms with Crippen LogP contribution < -0.4 is 10.1 Å². The van der Waals surface area contributed by atoms with Gasteiger partial charge >= 0.3 is 5.97 Å². The molecular formula is C17H19NO3. The lowest BCUT2D eigenvalue weighted by atomic mass is 10.1. The zero-order chi connectivity index (χ0) is 15.2. The third-order valence-electron chi connectivity index (χ3n) is 3.26. The van der Waals surface area contributed by atoms with E-state index in [1.807, 2.05) is 43.3 Å². The first kappa shape index (κ1) is 14.9. The molecule has 0 fully saturated rings. The Balaban J connectivity index is 2.07. The molecule has 21 heavy (non-hydrogen) atoms. The molecule has 0 saturated carbocycles. The lowest BCUT2D eigenvalue weighted by molar-refractivity contribution is 0.0600. The standard InChI is InChI=1S/C17H19NO3/c1-12-9-14(17(19)21-3)7-8-16(12)18-11-13-5-4-6-15(10-13)20-2/h4-10,18H,11H2,1-3H3. The second-order valence-corrected chi connectivity index (χ2v) is 4.73. The van der Waals surface area contributed by atoms with Crippen LogP contribution in [0.5, 0.6) is 5.75 Å². The van der Waals surface area contributed by atoms with Crippen molar-refractivity contribution in [3.05, 3.63) is 59.2 Å². The summed E-state index contributed by atoms with van der Waals surface area (Å²) in [6.45, 7) is 2.65. The number of rotatable bonds is 5. The molecule has 0 radical (unpaired) electrons. The molecule has 0 bridgehead atoms. The van der Waals surface area contributed by atoms with Crippen molar-refractivity contribution in [3.63, 3.8) is 0 Å². The van der Waals surface area contributed by atoms with Crippen LogP contribution in [0.2, 0.25) is 0 Å². The summed E-state index contributed by atoms with van der Waals surface area (Å²) < 4.78 is 9.92. The Morgan fingerprint density at radius 1 is 1.14 bits per heavy atom. The summed E-state index contributed by atoms with van der Waals surface area (Å²) in [5.74, 6) is 0.518. The lowest BCUT2D eigenvalue weighted by Crippen LogP contribution is -2.05. The molecular weight excluding hydrogens is 266 g/mol. The Labute approximate surface area is 124 Å². The molecule has 0 spiro atoms. The SMILES string of the molecule is COC(=O)c1ccc(NCc2cccc(OC)c2)c(C)c1. The van der Waals surface area contributed by atoms with Crippen LogP contribution in [0.3, 0.4) is 0 Å². The fraction of sp³-hybridized carbons (Fsp3) is 0.235. The molecule has 0 atom stereocenters. The molecule has 0 heterocycles. The minimum Gasteiger partial charge on any atom is -0.497 e. The third kappa shape index (κ3) is 3.75. The van der Waals surface area contributed by atoms with E-state index in [1.165, 1.54) is 7.11 Å². The molecule has 2 aromatic rings. The van der Waals surface area contributed by atoms with Gasteiger partial charge in [0.15, 0.2) is 0 Å². The highest BCUT2D eigenvalue weighted by Gasteiger charge is 2.07. The van der Waals surface area contributed by atoms with Gasteiger partial charge in [0.05, 0.1) is 19.8 Å². The van der Waals surface area contributed by atoms with Crippen molar-refractivity contribution in [2.75, 3.05) is 19.5 Å². The van der Waals surface area contributed by atoms with Gasteiger partial charge in [0, 0.05) is 12.2 Å². The minimum atomic E-state index is -0.322. The molecule has 110 valence electrons. The van der Waals surface area contributed by atoms with Crippen LogP contribution >= 0.6 is 0 Å². The van der Waals surface area contributed by atoms with Gasteiger partial charge in [-0.3, -0.25) is 0 Å². The number of hydrogen-bond acceptors (Lipinski definition) is 4. The van der Waals surface area contributed by atoms with Gasteiger partial charge in [0.2, 0.25) is 0 Å². The first-order chi connectivity index (χ1) is 10.1. The number of esters is 1. The maximum Gasteiger partial charge on any atom is 0.337 e. The largest absolute Gasteiger partial charge is 0.497 e. The van der Waals surface area contributed by atoms with Gasteiger partial charge in [-0.15, -0.1) is 0 Å². The first-order valence-electron chi connectivity index (χ1n) is 6.70. The van der Waals surface area contributed by atoms with Gasteiger partial charge in [-0.2, -0.15) is 0 Å². The second kappa shape index (κ2) is 6.79. The number of anilines is 1. The molecule has 0 aliphatic carbocycles. The Kier molecular flexibility index (Phi) is 4.82. The van der Waals surface area contributed by atoms with Crippen LogP contribution in [0.4, 0.5) is 5.69 Å². The van der Waals surface area contributed by atoms with Crippen molar-refractivity contribution in [2.45, 2.75) is 13.5 Å². The number of carbonyl (C=O) groups is 1. The molecule has 0 aromatic heterocycles. The number of methoxy groups -OCH3 is 2. The summed E-state index contributed by atoms with van der Waals surface area (Å²) in [4.78, 5) is 11.5. The van der Waals surface area contributed by atoms with E-state index in [0.717, 1.165) is 22.6 Å². The number of nitrogens with one attached hydrogen (secondary N) is 1. The van der Waals surface area contributed by atoms with E-state index in [-0.39, 0.29) is 5.97 Å². The monoisotopic (exact) mass is 285 g/mol. The Morgan fingerprint density at radius 3 is 2.62 bits per heavy atom. The molecule has 4 nitrogen and oxygen atoms in total. The molecule has 0 aliphatic heterocycles. The Hall–Kier alpha value is -2.49. The van der Waals surface area contributed by atoms with E-state index >= 15 is 0 Å². The predicted octanol–water partition coefficient (Wildman–Crippen LogP) is 3.40. The quantitative estimate of drug-likeness (QED) is 0.855. The van der Waals surface area contributed by atoms with E-state index < -0.39 is 0 Å². The molecule has 4 heteroatoms. The maximum absolute atomic E-state index is 11.5. The maximum atomic E-state index is 11.5. The molecule has 0 amide bonds. The number of hydrogen-bond donors (Lipinski definition) is 1. The molecule has 1 N–H and O–H groups in total. The third-order valence-corrected chi connectivity index (χ3v) is 3.26. The summed E-state index contributed by atoms with van der Waals surface area (Å²) in [6.07, 6.45) is 0. The van der Waals surface area contributed by atoms with E-state index in [2.05, 4.69) is 5.32 Å². The van der Waals surface area contributed by atoms with Crippen molar-refractivity contribution in [2.24, 2.45) is 0 Å². The number of benzene rings is 2. The predicted molar refractivity (Wildman–Crippen MR) is 82.8 cm³/mol. The minimum absolute atomic E-state index is 0.322. The van der Waals surface area contributed by atoms with Crippen molar-refractivity contribution < 1.29 is 14.3 Å². The van der Waals surface area contributed by atoms with Crippen molar-refractivity contribution >= 4 is 11.7 Å². The van der Waals surface area contributed by atoms with E-state index in [0.29, 0.717) is 12.1 Å². The first-order valence-corrected chi connectivity index (χ1v) is 6.70.